The number of hydrogen-bond donors (Lipinski definition) is 1. The van der Waals surface area contributed by atoms with Gasteiger partial charge in [0.1, 0.15) is 6.07 Å². The Labute approximate surface area is 113 Å². The van der Waals surface area contributed by atoms with Gasteiger partial charge >= 0.3 is 0 Å². The minimum absolute atomic E-state index is 0.217. The van der Waals surface area contributed by atoms with E-state index in [-0.39, 0.29) is 5.56 Å². The van der Waals surface area contributed by atoms with Crippen molar-refractivity contribution in [2.24, 2.45) is 0 Å². The molecule has 0 aliphatic rings. The Morgan fingerprint density at radius 1 is 1.50 bits per heavy atom. The van der Waals surface area contributed by atoms with Crippen molar-refractivity contribution in [3.05, 3.63) is 50.9 Å². The summed E-state index contributed by atoms with van der Waals surface area (Å²) in [6.07, 6.45) is 0. The number of rotatable bonds is 2. The summed E-state index contributed by atoms with van der Waals surface area (Å²) in [6.45, 7) is 1.74. The second-order valence-corrected chi connectivity index (χ2v) is 4.96. The number of halogens is 1. The Balaban J connectivity index is 2.44. The molecule has 1 heterocycles. The molecule has 0 saturated heterocycles. The van der Waals surface area contributed by atoms with E-state index in [0.717, 1.165) is 0 Å². The highest BCUT2D eigenvalue weighted by atomic mass is 35.5. The highest BCUT2D eigenvalue weighted by molar-refractivity contribution is 7.99. The molecule has 6 heteroatoms. The quantitative estimate of drug-likeness (QED) is 0.857. The van der Waals surface area contributed by atoms with Crippen LogP contribution in [0.5, 0.6) is 0 Å². The van der Waals surface area contributed by atoms with Crippen molar-refractivity contribution < 1.29 is 0 Å². The average molecular weight is 278 g/mol. The van der Waals surface area contributed by atoms with Crippen LogP contribution in [0.4, 0.5) is 0 Å². The molecule has 0 radical (unpaired) electrons. The van der Waals surface area contributed by atoms with Crippen molar-refractivity contribution in [2.75, 3.05) is 0 Å². The van der Waals surface area contributed by atoms with Gasteiger partial charge in [-0.2, -0.15) is 5.26 Å². The largest absolute Gasteiger partial charge is 0.301 e. The number of nitrogens with one attached hydrogen (secondary N) is 1. The van der Waals surface area contributed by atoms with Crippen molar-refractivity contribution in [1.29, 1.82) is 5.26 Å². The Hall–Kier alpha value is -1.77. The van der Waals surface area contributed by atoms with Gasteiger partial charge in [0.05, 0.1) is 10.6 Å². The number of aromatic nitrogens is 2. The van der Waals surface area contributed by atoms with E-state index in [1.54, 1.807) is 25.1 Å². The van der Waals surface area contributed by atoms with Crippen molar-refractivity contribution in [2.45, 2.75) is 17.0 Å². The second kappa shape index (κ2) is 5.25. The SMILES string of the molecule is Cc1cc(=O)[nH]c(Sc2cccc(Cl)c2C#N)n1. The van der Waals surface area contributed by atoms with Crippen LogP contribution in [-0.2, 0) is 0 Å². The van der Waals surface area contributed by atoms with Crippen LogP contribution >= 0.6 is 23.4 Å². The first kappa shape index (κ1) is 12.7. The van der Waals surface area contributed by atoms with Crippen LogP contribution in [0.3, 0.4) is 0 Å². The van der Waals surface area contributed by atoms with Crippen molar-refractivity contribution in [1.82, 2.24) is 9.97 Å². The Morgan fingerprint density at radius 2 is 2.28 bits per heavy atom. The Kier molecular flexibility index (Phi) is 3.70. The molecule has 0 atom stereocenters. The highest BCUT2D eigenvalue weighted by Crippen LogP contribution is 2.30. The molecule has 90 valence electrons. The lowest BCUT2D eigenvalue weighted by Crippen LogP contribution is -2.07. The monoisotopic (exact) mass is 277 g/mol. The normalized spacial score (nSPS) is 10.1. The lowest BCUT2D eigenvalue weighted by molar-refractivity contribution is 0.905. The summed E-state index contributed by atoms with van der Waals surface area (Å²) < 4.78 is 0. The van der Waals surface area contributed by atoms with Gasteiger partial charge in [-0.25, -0.2) is 4.98 Å². The molecule has 4 nitrogen and oxygen atoms in total. The number of nitriles is 1. The number of hydrogen-bond acceptors (Lipinski definition) is 4. The van der Waals surface area contributed by atoms with Crippen LogP contribution in [0.15, 0.2) is 39.1 Å². The van der Waals surface area contributed by atoms with E-state index in [1.165, 1.54) is 17.8 Å². The molecule has 0 saturated carbocycles. The average Bonchev–Trinajstić information content (AvgIpc) is 2.27. The summed E-state index contributed by atoms with van der Waals surface area (Å²) in [7, 11) is 0. The molecule has 1 N–H and O–H groups in total. The molecule has 1 aromatic carbocycles. The van der Waals surface area contributed by atoms with E-state index < -0.39 is 0 Å². The van der Waals surface area contributed by atoms with E-state index in [2.05, 4.69) is 9.97 Å². The fourth-order valence-corrected chi connectivity index (χ4v) is 2.63. The minimum atomic E-state index is -0.217. The van der Waals surface area contributed by atoms with Gasteiger partial charge < -0.3 is 4.98 Å². The summed E-state index contributed by atoms with van der Waals surface area (Å²) in [6, 6.07) is 8.61. The lowest BCUT2D eigenvalue weighted by Gasteiger charge is -2.04. The summed E-state index contributed by atoms with van der Waals surface area (Å²) in [4.78, 5) is 18.8. The maximum Gasteiger partial charge on any atom is 0.251 e. The van der Waals surface area contributed by atoms with Gasteiger partial charge in [0.25, 0.3) is 5.56 Å². The van der Waals surface area contributed by atoms with Gasteiger partial charge in [-0.3, -0.25) is 4.79 Å². The number of nitrogens with zero attached hydrogens (tertiary/aromatic N) is 2. The second-order valence-electron chi connectivity index (χ2n) is 3.52. The third-order valence-electron chi connectivity index (χ3n) is 2.14. The summed E-state index contributed by atoms with van der Waals surface area (Å²) in [5.41, 5.74) is 0.792. The molecular weight excluding hydrogens is 270 g/mol. The zero-order chi connectivity index (χ0) is 13.1. The molecule has 1 aromatic heterocycles. The molecule has 0 spiro atoms. The van der Waals surface area contributed by atoms with Gasteiger partial charge in [-0.15, -0.1) is 0 Å². The van der Waals surface area contributed by atoms with Gasteiger partial charge in [0.2, 0.25) is 0 Å². The molecule has 0 amide bonds. The van der Waals surface area contributed by atoms with E-state index in [4.69, 9.17) is 16.9 Å². The van der Waals surface area contributed by atoms with Crippen molar-refractivity contribution >= 4 is 23.4 Å². The fraction of sp³-hybridized carbons (Fsp3) is 0.0833. The summed E-state index contributed by atoms with van der Waals surface area (Å²) in [5, 5.41) is 9.88. The Bertz CT molecular complexity index is 690. The maximum absolute atomic E-state index is 11.3. The molecule has 0 bridgehead atoms. The van der Waals surface area contributed by atoms with Crippen molar-refractivity contribution in [3.63, 3.8) is 0 Å². The van der Waals surface area contributed by atoms with E-state index in [1.807, 2.05) is 6.07 Å². The maximum atomic E-state index is 11.3. The molecule has 0 aliphatic heterocycles. The van der Waals surface area contributed by atoms with Crippen LogP contribution in [0.2, 0.25) is 5.02 Å². The third-order valence-corrected chi connectivity index (χ3v) is 3.40. The summed E-state index contributed by atoms with van der Waals surface area (Å²) >= 11 is 7.14. The topological polar surface area (TPSA) is 69.5 Å². The fourth-order valence-electron chi connectivity index (χ4n) is 1.40. The molecule has 18 heavy (non-hydrogen) atoms. The van der Waals surface area contributed by atoms with E-state index >= 15 is 0 Å². The molecular formula is C12H8ClN3OS. The van der Waals surface area contributed by atoms with Crippen LogP contribution in [0.25, 0.3) is 0 Å². The first-order valence-corrected chi connectivity index (χ1v) is 6.24. The smallest absolute Gasteiger partial charge is 0.251 e. The van der Waals surface area contributed by atoms with Crippen LogP contribution < -0.4 is 5.56 Å². The van der Waals surface area contributed by atoms with Gasteiger partial charge in [-0.1, -0.05) is 29.4 Å². The number of aromatic amines is 1. The van der Waals surface area contributed by atoms with E-state index in [9.17, 15) is 4.79 Å². The van der Waals surface area contributed by atoms with Crippen LogP contribution in [-0.4, -0.2) is 9.97 Å². The first-order valence-electron chi connectivity index (χ1n) is 5.04. The van der Waals surface area contributed by atoms with Gasteiger partial charge in [0.15, 0.2) is 5.16 Å². The highest BCUT2D eigenvalue weighted by Gasteiger charge is 2.09. The van der Waals surface area contributed by atoms with E-state index in [0.29, 0.717) is 26.3 Å². The Morgan fingerprint density at radius 3 is 2.94 bits per heavy atom. The number of benzene rings is 1. The lowest BCUT2D eigenvalue weighted by atomic mass is 10.2. The molecule has 2 rings (SSSR count). The standard InChI is InChI=1S/C12H8ClN3OS/c1-7-5-11(17)16-12(15-7)18-10-4-2-3-9(13)8(10)6-14/h2-5H,1H3,(H,15,16,17). The van der Waals surface area contributed by atoms with Crippen molar-refractivity contribution in [3.8, 4) is 6.07 Å². The van der Waals surface area contributed by atoms with Crippen LogP contribution in [0.1, 0.15) is 11.3 Å². The predicted molar refractivity (Wildman–Crippen MR) is 69.9 cm³/mol. The van der Waals surface area contributed by atoms with Gasteiger partial charge in [0, 0.05) is 16.7 Å². The molecule has 0 aliphatic carbocycles. The zero-order valence-electron chi connectivity index (χ0n) is 9.40. The number of aryl methyl sites for hydroxylation is 1. The van der Waals surface area contributed by atoms with Gasteiger partial charge in [-0.05, 0) is 19.1 Å². The summed E-state index contributed by atoms with van der Waals surface area (Å²) in [5.74, 6) is 0. The first-order chi connectivity index (χ1) is 8.60. The van der Waals surface area contributed by atoms with Crippen LogP contribution in [0, 0.1) is 18.3 Å². The molecule has 0 fully saturated rings. The molecule has 0 unspecified atom stereocenters. The third kappa shape index (κ3) is 2.73. The molecule has 2 aromatic rings. The minimum Gasteiger partial charge on any atom is -0.301 e. The number of H-pyrrole nitrogens is 1. The predicted octanol–water partition coefficient (Wildman–Crippen LogP) is 2.75. The zero-order valence-corrected chi connectivity index (χ0v) is 11.0.